The normalized spacial score (nSPS) is 12.6. The van der Waals surface area contributed by atoms with E-state index in [9.17, 15) is 0 Å². The molecule has 0 aromatic heterocycles. The quantitative estimate of drug-likeness (QED) is 0.147. The van der Waals surface area contributed by atoms with Crippen molar-refractivity contribution in [3.05, 3.63) is 237 Å². The first kappa shape index (κ1) is 34.0. The summed E-state index contributed by atoms with van der Waals surface area (Å²) in [6, 6.07) is 87.6. The molecule has 0 atom stereocenters. The molecule has 1 nitrogen and oxygen atoms in total. The van der Waals surface area contributed by atoms with Crippen LogP contribution >= 0.6 is 0 Å². The molecular weight excluding hydrogens is 715 g/mol. The van der Waals surface area contributed by atoms with Gasteiger partial charge in [0.05, 0.1) is 5.69 Å². The summed E-state index contributed by atoms with van der Waals surface area (Å²) >= 11 is 0. The number of fused-ring (bicyclic) bond motifs is 6. The second-order valence-electron chi connectivity index (χ2n) is 15.2. The van der Waals surface area contributed by atoms with E-state index in [1.54, 1.807) is 0 Å². The summed E-state index contributed by atoms with van der Waals surface area (Å²) in [4.78, 5) is 2.48. The number of benzene rings is 10. The third-order valence-corrected chi connectivity index (χ3v) is 17.0. The largest absolute Gasteiger partial charge is 0.310 e. The Bertz CT molecular complexity index is 3040. The molecule has 1 aliphatic heterocycles. The number of hydrogen-bond acceptors (Lipinski definition) is 1. The molecule has 0 saturated heterocycles. The topological polar surface area (TPSA) is 3.24 Å². The lowest BCUT2D eigenvalue weighted by molar-refractivity contribution is 1.30. The van der Waals surface area contributed by atoms with E-state index in [1.165, 1.54) is 81.4 Å². The first-order valence-electron chi connectivity index (χ1n) is 20.1. The molecule has 272 valence electrons. The van der Waals surface area contributed by atoms with E-state index in [-0.39, 0.29) is 0 Å². The summed E-state index contributed by atoms with van der Waals surface area (Å²) in [6.45, 7) is 0. The molecule has 58 heavy (non-hydrogen) atoms. The molecule has 0 N–H and O–H groups in total. The van der Waals surface area contributed by atoms with Crippen molar-refractivity contribution in [2.24, 2.45) is 0 Å². The Hall–Kier alpha value is -7.26. The fourth-order valence-corrected chi connectivity index (χ4v) is 15.1. The van der Waals surface area contributed by atoms with Gasteiger partial charge in [0, 0.05) is 16.8 Å². The first-order chi connectivity index (χ1) is 28.8. The number of nitrogens with zero attached hydrogens (tertiary/aromatic N) is 1. The van der Waals surface area contributed by atoms with Gasteiger partial charge in [-0.1, -0.05) is 206 Å². The molecule has 0 bridgehead atoms. The zero-order valence-electron chi connectivity index (χ0n) is 32.0. The second kappa shape index (κ2) is 14.0. The van der Waals surface area contributed by atoms with Crippen LogP contribution in [0.25, 0.3) is 54.9 Å². The first-order valence-corrected chi connectivity index (χ1v) is 22.1. The van der Waals surface area contributed by atoms with Crippen molar-refractivity contribution in [1.29, 1.82) is 0 Å². The summed E-state index contributed by atoms with van der Waals surface area (Å²) in [5.41, 5.74) is 11.0. The monoisotopic (exact) mass is 753 g/mol. The lowest BCUT2D eigenvalue weighted by Crippen LogP contribution is -2.73. The zero-order chi connectivity index (χ0) is 38.5. The van der Waals surface area contributed by atoms with Crippen molar-refractivity contribution in [3.8, 4) is 33.4 Å². The number of rotatable bonds is 7. The van der Waals surface area contributed by atoms with Gasteiger partial charge in [0.1, 0.15) is 0 Å². The van der Waals surface area contributed by atoms with E-state index in [0.717, 1.165) is 11.4 Å². The Labute approximate surface area is 340 Å². The van der Waals surface area contributed by atoms with Crippen molar-refractivity contribution in [3.63, 3.8) is 0 Å². The Morgan fingerprint density at radius 3 is 1.41 bits per heavy atom. The molecule has 10 aromatic rings. The minimum absolute atomic E-state index is 1.12. The van der Waals surface area contributed by atoms with Gasteiger partial charge in [-0.15, -0.1) is 0 Å². The molecule has 11 rings (SSSR count). The van der Waals surface area contributed by atoms with Crippen molar-refractivity contribution < 1.29 is 0 Å². The van der Waals surface area contributed by atoms with Crippen molar-refractivity contribution in [1.82, 2.24) is 0 Å². The standard InChI is InChI=1S/C56H39NSi/c1-5-18-40(19-6-1)48-30-15-20-42-21-16-31-49(54(42)48)41-34-37-45(38-35-41)57(44-23-7-2-8-24-44)52-32-17-22-43-36-39-51-50-29-13-14-33-53(50)58(56(51)55(43)52,46-25-9-3-10-26-46)47-27-11-4-12-28-47/h1-39H. The fourth-order valence-electron chi connectivity index (χ4n) is 9.72. The molecule has 1 heterocycles. The van der Waals surface area contributed by atoms with Gasteiger partial charge in [0.15, 0.2) is 8.07 Å². The second-order valence-corrected chi connectivity index (χ2v) is 18.9. The molecular formula is C56H39NSi. The van der Waals surface area contributed by atoms with Crippen LogP contribution in [0.1, 0.15) is 0 Å². The maximum atomic E-state index is 2.48. The van der Waals surface area contributed by atoms with Gasteiger partial charge in [-0.05, 0) is 101 Å². The van der Waals surface area contributed by atoms with Crippen LogP contribution in [0.3, 0.4) is 0 Å². The molecule has 0 unspecified atom stereocenters. The molecule has 0 fully saturated rings. The molecule has 0 aliphatic carbocycles. The Balaban J connectivity index is 1.16. The van der Waals surface area contributed by atoms with E-state index in [0.29, 0.717) is 0 Å². The molecule has 1 aliphatic rings. The molecule has 0 amide bonds. The minimum Gasteiger partial charge on any atom is -0.310 e. The van der Waals surface area contributed by atoms with Gasteiger partial charge in [-0.25, -0.2) is 0 Å². The molecule has 0 saturated carbocycles. The van der Waals surface area contributed by atoms with E-state index in [4.69, 9.17) is 0 Å². The van der Waals surface area contributed by atoms with Gasteiger partial charge in [0.25, 0.3) is 0 Å². The van der Waals surface area contributed by atoms with Gasteiger partial charge in [-0.3, -0.25) is 0 Å². The van der Waals surface area contributed by atoms with Crippen LogP contribution in [0.2, 0.25) is 0 Å². The maximum Gasteiger partial charge on any atom is 0.181 e. The van der Waals surface area contributed by atoms with Crippen LogP contribution in [0.15, 0.2) is 237 Å². The van der Waals surface area contributed by atoms with Crippen LogP contribution in [0.5, 0.6) is 0 Å². The minimum atomic E-state index is -2.81. The van der Waals surface area contributed by atoms with Crippen LogP contribution < -0.4 is 25.6 Å². The van der Waals surface area contributed by atoms with Crippen LogP contribution in [0.4, 0.5) is 17.1 Å². The van der Waals surface area contributed by atoms with E-state index < -0.39 is 8.07 Å². The summed E-state index contributed by atoms with van der Waals surface area (Å²) in [5, 5.41) is 10.8. The van der Waals surface area contributed by atoms with Gasteiger partial charge >= 0.3 is 0 Å². The average molecular weight is 754 g/mol. The summed E-state index contributed by atoms with van der Waals surface area (Å²) in [5.74, 6) is 0. The Kier molecular flexibility index (Phi) is 8.23. The predicted molar refractivity (Wildman–Crippen MR) is 250 cm³/mol. The van der Waals surface area contributed by atoms with Crippen molar-refractivity contribution in [2.75, 3.05) is 4.90 Å². The number of para-hydroxylation sites is 1. The zero-order valence-corrected chi connectivity index (χ0v) is 33.0. The fraction of sp³-hybridized carbons (Fsp3) is 0. The highest BCUT2D eigenvalue weighted by Crippen LogP contribution is 2.43. The van der Waals surface area contributed by atoms with Gasteiger partial charge < -0.3 is 4.90 Å². The number of anilines is 3. The molecule has 2 heteroatoms. The highest BCUT2D eigenvalue weighted by Gasteiger charge is 2.50. The maximum absolute atomic E-state index is 2.81. The van der Waals surface area contributed by atoms with Crippen molar-refractivity contribution in [2.45, 2.75) is 0 Å². The van der Waals surface area contributed by atoms with Gasteiger partial charge in [-0.2, -0.15) is 0 Å². The van der Waals surface area contributed by atoms with E-state index in [2.05, 4.69) is 241 Å². The van der Waals surface area contributed by atoms with Crippen LogP contribution in [-0.2, 0) is 0 Å². The van der Waals surface area contributed by atoms with E-state index in [1.807, 2.05) is 0 Å². The Morgan fingerprint density at radius 1 is 0.293 bits per heavy atom. The lowest BCUT2D eigenvalue weighted by Gasteiger charge is -2.34. The van der Waals surface area contributed by atoms with Crippen LogP contribution in [0, 0.1) is 0 Å². The lowest BCUT2D eigenvalue weighted by atomic mass is 9.91. The smallest absolute Gasteiger partial charge is 0.181 e. The molecule has 10 aromatic carbocycles. The third-order valence-electron chi connectivity index (χ3n) is 12.1. The SMILES string of the molecule is c1ccc(-c2cccc3cccc(-c4ccc(N(c5ccccc5)c5cccc6ccc7c(c56)[Si](c5ccccc5)(c5ccccc5)c5ccccc5-7)cc4)c23)cc1. The third kappa shape index (κ3) is 5.30. The van der Waals surface area contributed by atoms with Gasteiger partial charge in [0.2, 0.25) is 0 Å². The van der Waals surface area contributed by atoms with E-state index >= 15 is 0 Å². The van der Waals surface area contributed by atoms with Crippen LogP contribution in [-0.4, -0.2) is 8.07 Å². The highest BCUT2D eigenvalue weighted by molar-refractivity contribution is 7.23. The predicted octanol–water partition coefficient (Wildman–Crippen LogP) is 12.2. The summed E-state index contributed by atoms with van der Waals surface area (Å²) in [6.07, 6.45) is 0. The summed E-state index contributed by atoms with van der Waals surface area (Å²) < 4.78 is 0. The molecule has 0 spiro atoms. The molecule has 0 radical (unpaired) electrons. The van der Waals surface area contributed by atoms with Crippen molar-refractivity contribution >= 4 is 67.4 Å². The highest BCUT2D eigenvalue weighted by atomic mass is 28.3. The Morgan fingerprint density at radius 2 is 0.776 bits per heavy atom. The number of hydrogen-bond donors (Lipinski definition) is 0. The summed E-state index contributed by atoms with van der Waals surface area (Å²) in [7, 11) is -2.81. The average Bonchev–Trinajstić information content (AvgIpc) is 3.61.